The minimum atomic E-state index is -3.73. The van der Waals surface area contributed by atoms with Crippen molar-refractivity contribution < 1.29 is 12.8 Å². The van der Waals surface area contributed by atoms with Gasteiger partial charge in [0.25, 0.3) is 10.0 Å². The van der Waals surface area contributed by atoms with Crippen LogP contribution in [0, 0.1) is 20.8 Å². The molecule has 0 aliphatic carbocycles. The van der Waals surface area contributed by atoms with Crippen LogP contribution >= 0.6 is 0 Å². The van der Waals surface area contributed by atoms with Crippen LogP contribution in [0.2, 0.25) is 0 Å². The fraction of sp³-hybridized carbons (Fsp3) is 0.188. The average molecular weight is 331 g/mol. The van der Waals surface area contributed by atoms with Crippen LogP contribution in [0.1, 0.15) is 16.9 Å². The second kappa shape index (κ2) is 5.58. The number of H-pyrrole nitrogens is 1. The van der Waals surface area contributed by atoms with Crippen LogP contribution in [-0.4, -0.2) is 18.6 Å². The first-order valence-corrected chi connectivity index (χ1v) is 8.55. The first kappa shape index (κ1) is 15.4. The van der Waals surface area contributed by atoms with Crippen molar-refractivity contribution in [3.8, 4) is 11.5 Å². The number of hydrogen-bond acceptors (Lipinski definition) is 4. The van der Waals surface area contributed by atoms with Crippen LogP contribution in [-0.2, 0) is 10.0 Å². The molecule has 7 heteroatoms. The molecule has 3 rings (SSSR count). The maximum atomic E-state index is 12.6. The molecule has 2 heterocycles. The zero-order valence-corrected chi connectivity index (χ0v) is 13.9. The second-order valence-electron chi connectivity index (χ2n) is 5.48. The van der Waals surface area contributed by atoms with Crippen LogP contribution in [0.15, 0.2) is 45.8 Å². The SMILES string of the molecule is Cc1cc(C)cc(NS(=O)(=O)c2cc(-c3ccn[nH]3)oc2C)c1. The van der Waals surface area contributed by atoms with Crippen LogP contribution in [0.4, 0.5) is 5.69 Å². The highest BCUT2D eigenvalue weighted by atomic mass is 32.2. The van der Waals surface area contributed by atoms with E-state index in [-0.39, 0.29) is 4.90 Å². The van der Waals surface area contributed by atoms with Crippen molar-refractivity contribution >= 4 is 15.7 Å². The fourth-order valence-corrected chi connectivity index (χ4v) is 3.72. The van der Waals surface area contributed by atoms with Crippen molar-refractivity contribution in [3.63, 3.8) is 0 Å². The van der Waals surface area contributed by atoms with E-state index in [4.69, 9.17) is 4.42 Å². The summed E-state index contributed by atoms with van der Waals surface area (Å²) >= 11 is 0. The van der Waals surface area contributed by atoms with Gasteiger partial charge in [-0.1, -0.05) is 6.07 Å². The number of aromatic amines is 1. The number of aryl methyl sites for hydroxylation is 3. The molecule has 23 heavy (non-hydrogen) atoms. The van der Waals surface area contributed by atoms with Gasteiger partial charge in [-0.05, 0) is 50.1 Å². The highest BCUT2D eigenvalue weighted by Crippen LogP contribution is 2.28. The van der Waals surface area contributed by atoms with Crippen molar-refractivity contribution in [2.45, 2.75) is 25.7 Å². The second-order valence-corrected chi connectivity index (χ2v) is 7.13. The molecule has 1 aromatic carbocycles. The van der Waals surface area contributed by atoms with Crippen molar-refractivity contribution in [1.29, 1.82) is 0 Å². The molecule has 0 spiro atoms. The predicted octanol–water partition coefficient (Wildman–Crippen LogP) is 3.40. The Balaban J connectivity index is 1.97. The van der Waals surface area contributed by atoms with E-state index in [0.717, 1.165) is 11.1 Å². The molecule has 0 atom stereocenters. The van der Waals surface area contributed by atoms with Crippen LogP contribution < -0.4 is 4.72 Å². The molecule has 3 aromatic rings. The molecule has 0 saturated heterocycles. The van der Waals surface area contributed by atoms with Crippen LogP contribution in [0.5, 0.6) is 0 Å². The molecule has 0 amide bonds. The summed E-state index contributed by atoms with van der Waals surface area (Å²) in [5, 5.41) is 6.59. The molecule has 0 aliphatic rings. The molecule has 2 N–H and O–H groups in total. The standard InChI is InChI=1S/C16H17N3O3S/c1-10-6-11(2)8-13(7-10)19-23(20,21)16-9-15(22-12(16)3)14-4-5-17-18-14/h4-9,19H,1-3H3,(H,17,18). The van der Waals surface area contributed by atoms with E-state index >= 15 is 0 Å². The number of nitrogens with zero attached hydrogens (tertiary/aromatic N) is 1. The number of furan rings is 1. The van der Waals surface area contributed by atoms with Gasteiger partial charge in [0.15, 0.2) is 5.76 Å². The van der Waals surface area contributed by atoms with Gasteiger partial charge in [0, 0.05) is 18.0 Å². The van der Waals surface area contributed by atoms with Gasteiger partial charge in [-0.25, -0.2) is 8.42 Å². The lowest BCUT2D eigenvalue weighted by Crippen LogP contribution is -2.13. The van der Waals surface area contributed by atoms with E-state index in [1.807, 2.05) is 19.9 Å². The molecule has 0 bridgehead atoms. The molecule has 2 aromatic heterocycles. The van der Waals surface area contributed by atoms with Gasteiger partial charge < -0.3 is 4.42 Å². The van der Waals surface area contributed by atoms with Gasteiger partial charge in [-0.2, -0.15) is 5.10 Å². The molecular formula is C16H17N3O3S. The maximum Gasteiger partial charge on any atom is 0.265 e. The fourth-order valence-electron chi connectivity index (χ4n) is 2.50. The third kappa shape index (κ3) is 3.14. The van der Waals surface area contributed by atoms with E-state index in [1.54, 1.807) is 31.3 Å². The Morgan fingerprint density at radius 3 is 2.39 bits per heavy atom. The molecule has 0 radical (unpaired) electrons. The molecule has 0 aliphatic heterocycles. The summed E-state index contributed by atoms with van der Waals surface area (Å²) in [6.45, 7) is 5.46. The third-order valence-electron chi connectivity index (χ3n) is 3.40. The number of aromatic nitrogens is 2. The Hall–Kier alpha value is -2.54. The smallest absolute Gasteiger partial charge is 0.265 e. The van der Waals surface area contributed by atoms with E-state index in [0.29, 0.717) is 22.9 Å². The van der Waals surface area contributed by atoms with Gasteiger partial charge in [-0.15, -0.1) is 0 Å². The summed E-state index contributed by atoms with van der Waals surface area (Å²) in [5.41, 5.74) is 3.14. The topological polar surface area (TPSA) is 88.0 Å². The molecule has 0 saturated carbocycles. The normalized spacial score (nSPS) is 11.6. The van der Waals surface area contributed by atoms with Crippen LogP contribution in [0.25, 0.3) is 11.5 Å². The minimum Gasteiger partial charge on any atom is -0.458 e. The summed E-state index contributed by atoms with van der Waals surface area (Å²) in [5.74, 6) is 0.757. The Labute approximate surface area is 134 Å². The number of rotatable bonds is 4. The van der Waals surface area contributed by atoms with Crippen molar-refractivity contribution in [1.82, 2.24) is 10.2 Å². The van der Waals surface area contributed by atoms with Crippen molar-refractivity contribution in [2.75, 3.05) is 4.72 Å². The minimum absolute atomic E-state index is 0.112. The number of sulfonamides is 1. The Morgan fingerprint density at radius 2 is 1.78 bits per heavy atom. The van der Waals surface area contributed by atoms with Gasteiger partial charge in [-0.3, -0.25) is 9.82 Å². The lowest BCUT2D eigenvalue weighted by Gasteiger charge is -2.09. The van der Waals surface area contributed by atoms with E-state index in [2.05, 4.69) is 14.9 Å². The summed E-state index contributed by atoms with van der Waals surface area (Å²) in [4.78, 5) is 0.112. The summed E-state index contributed by atoms with van der Waals surface area (Å²) in [6, 6.07) is 8.77. The van der Waals surface area contributed by atoms with Crippen molar-refractivity contribution in [3.05, 3.63) is 53.4 Å². The first-order chi connectivity index (χ1) is 10.8. The third-order valence-corrected chi connectivity index (χ3v) is 4.89. The Kier molecular flexibility index (Phi) is 3.73. The van der Waals surface area contributed by atoms with Gasteiger partial charge in [0.2, 0.25) is 0 Å². The number of hydrogen-bond donors (Lipinski definition) is 2. The lowest BCUT2D eigenvalue weighted by atomic mass is 10.1. The highest BCUT2D eigenvalue weighted by Gasteiger charge is 2.22. The maximum absolute atomic E-state index is 12.6. The van der Waals surface area contributed by atoms with Gasteiger partial charge in [0.1, 0.15) is 16.3 Å². The molecule has 0 unspecified atom stereocenters. The number of nitrogens with one attached hydrogen (secondary N) is 2. The highest BCUT2D eigenvalue weighted by molar-refractivity contribution is 7.92. The Bertz CT molecular complexity index is 921. The molecule has 0 fully saturated rings. The molecule has 6 nitrogen and oxygen atoms in total. The van der Waals surface area contributed by atoms with E-state index < -0.39 is 10.0 Å². The molecule has 120 valence electrons. The quantitative estimate of drug-likeness (QED) is 0.767. The van der Waals surface area contributed by atoms with E-state index in [1.165, 1.54) is 6.07 Å². The van der Waals surface area contributed by atoms with Gasteiger partial charge in [0.05, 0.1) is 0 Å². The lowest BCUT2D eigenvalue weighted by molar-refractivity contribution is 0.534. The summed E-state index contributed by atoms with van der Waals surface area (Å²) in [6.07, 6.45) is 1.58. The van der Waals surface area contributed by atoms with Gasteiger partial charge >= 0.3 is 0 Å². The molecular weight excluding hydrogens is 314 g/mol. The zero-order valence-electron chi connectivity index (χ0n) is 13.0. The summed E-state index contributed by atoms with van der Waals surface area (Å²) in [7, 11) is -3.73. The monoisotopic (exact) mass is 331 g/mol. The number of benzene rings is 1. The van der Waals surface area contributed by atoms with Crippen LogP contribution in [0.3, 0.4) is 0 Å². The largest absolute Gasteiger partial charge is 0.458 e. The predicted molar refractivity (Wildman–Crippen MR) is 87.8 cm³/mol. The van der Waals surface area contributed by atoms with E-state index in [9.17, 15) is 8.42 Å². The van der Waals surface area contributed by atoms with Crippen molar-refractivity contribution in [2.24, 2.45) is 0 Å². The first-order valence-electron chi connectivity index (χ1n) is 7.06. The number of anilines is 1. The zero-order chi connectivity index (χ0) is 16.6. The summed E-state index contributed by atoms with van der Waals surface area (Å²) < 4.78 is 33.4. The average Bonchev–Trinajstić information content (AvgIpc) is 3.05. The Morgan fingerprint density at radius 1 is 1.09 bits per heavy atom.